The first-order valence-corrected chi connectivity index (χ1v) is 7.21. The fourth-order valence-electron chi connectivity index (χ4n) is 1.93. The van der Waals surface area contributed by atoms with Gasteiger partial charge in [-0.3, -0.25) is 4.79 Å². The first-order valence-electron chi connectivity index (χ1n) is 6.57. The van der Waals surface area contributed by atoms with Gasteiger partial charge in [-0.05, 0) is 24.6 Å². The van der Waals surface area contributed by atoms with Crippen molar-refractivity contribution >= 4 is 12.6 Å². The van der Waals surface area contributed by atoms with Crippen molar-refractivity contribution in [2.75, 3.05) is 6.61 Å². The van der Waals surface area contributed by atoms with E-state index in [0.29, 0.717) is 17.9 Å². The van der Waals surface area contributed by atoms with Crippen molar-refractivity contribution in [2.45, 2.75) is 19.1 Å². The smallest absolute Gasteiger partial charge is 0.270 e. The van der Waals surface area contributed by atoms with Crippen LogP contribution in [0, 0.1) is 0 Å². The Morgan fingerprint density at radius 1 is 1.35 bits per heavy atom. The van der Waals surface area contributed by atoms with Crippen molar-refractivity contribution in [3.8, 4) is 17.0 Å². The van der Waals surface area contributed by atoms with Crippen LogP contribution in [0.5, 0.6) is 5.75 Å². The van der Waals surface area contributed by atoms with Gasteiger partial charge in [0.2, 0.25) is 0 Å². The number of thiol groups is 1. The fraction of sp³-hybridized carbons (Fsp3) is 0.333. The van der Waals surface area contributed by atoms with Crippen molar-refractivity contribution in [1.29, 1.82) is 0 Å². The van der Waals surface area contributed by atoms with Gasteiger partial charge in [0.05, 0.1) is 12.3 Å². The number of hydrogen-bond acceptors (Lipinski definition) is 4. The molecule has 0 unspecified atom stereocenters. The van der Waals surface area contributed by atoms with E-state index in [1.807, 2.05) is 24.3 Å². The van der Waals surface area contributed by atoms with Crippen molar-refractivity contribution < 1.29 is 4.74 Å². The molecule has 2 aromatic rings. The van der Waals surface area contributed by atoms with E-state index >= 15 is 0 Å². The molecule has 5 heteroatoms. The van der Waals surface area contributed by atoms with Crippen LogP contribution in [0.15, 0.2) is 35.1 Å². The molecule has 0 spiro atoms. The minimum absolute atomic E-state index is 0.115. The van der Waals surface area contributed by atoms with Crippen molar-refractivity contribution in [3.05, 3.63) is 46.2 Å². The zero-order valence-corrected chi connectivity index (χ0v) is 12.6. The van der Waals surface area contributed by atoms with Gasteiger partial charge in [0, 0.05) is 23.9 Å². The molecule has 20 heavy (non-hydrogen) atoms. The largest absolute Gasteiger partial charge is 0.493 e. The predicted molar refractivity (Wildman–Crippen MR) is 83.4 cm³/mol. The predicted octanol–water partition coefficient (Wildman–Crippen LogP) is 2.67. The molecule has 0 saturated carbocycles. The van der Waals surface area contributed by atoms with E-state index in [-0.39, 0.29) is 5.56 Å². The van der Waals surface area contributed by atoms with Crippen molar-refractivity contribution in [3.63, 3.8) is 0 Å². The Hall–Kier alpha value is -1.75. The summed E-state index contributed by atoms with van der Waals surface area (Å²) in [5.41, 5.74) is 2.13. The molecule has 1 aromatic heterocycles. The first kappa shape index (κ1) is 14.7. The molecule has 0 fully saturated rings. The van der Waals surface area contributed by atoms with Crippen LogP contribution in [0.1, 0.15) is 18.9 Å². The third-order valence-corrected chi connectivity index (χ3v) is 3.27. The Bertz CT molecular complexity index is 653. The molecule has 106 valence electrons. The van der Waals surface area contributed by atoms with E-state index in [9.17, 15) is 4.79 Å². The van der Waals surface area contributed by atoms with E-state index < -0.39 is 0 Å². The van der Waals surface area contributed by atoms with E-state index in [1.54, 1.807) is 13.1 Å². The van der Waals surface area contributed by atoms with Crippen LogP contribution in [-0.2, 0) is 12.8 Å². The second-order valence-corrected chi connectivity index (χ2v) is 4.80. The molecule has 0 radical (unpaired) electrons. The van der Waals surface area contributed by atoms with Gasteiger partial charge < -0.3 is 4.74 Å². The van der Waals surface area contributed by atoms with E-state index in [1.165, 1.54) is 4.68 Å². The molecule has 1 heterocycles. The average Bonchev–Trinajstić information content (AvgIpc) is 2.48. The molecule has 1 aromatic carbocycles. The fourth-order valence-corrected chi connectivity index (χ4v) is 2.16. The highest BCUT2D eigenvalue weighted by atomic mass is 32.1. The molecule has 2 rings (SSSR count). The third kappa shape index (κ3) is 3.04. The van der Waals surface area contributed by atoms with E-state index in [0.717, 1.165) is 23.4 Å². The van der Waals surface area contributed by atoms with Gasteiger partial charge in [0.1, 0.15) is 5.75 Å². The van der Waals surface area contributed by atoms with Crippen LogP contribution in [0.4, 0.5) is 0 Å². The number of aryl methyl sites for hydroxylation is 1. The van der Waals surface area contributed by atoms with Gasteiger partial charge in [0.15, 0.2) is 0 Å². The highest BCUT2D eigenvalue weighted by Gasteiger charge is 2.11. The molecule has 4 nitrogen and oxygen atoms in total. The Morgan fingerprint density at radius 2 is 2.10 bits per heavy atom. The first-order chi connectivity index (χ1) is 9.67. The van der Waals surface area contributed by atoms with Gasteiger partial charge in [0.25, 0.3) is 5.56 Å². The lowest BCUT2D eigenvalue weighted by atomic mass is 10.1. The van der Waals surface area contributed by atoms with Crippen LogP contribution in [0.25, 0.3) is 11.3 Å². The normalized spacial score (nSPS) is 10.6. The minimum Gasteiger partial charge on any atom is -0.493 e. The number of hydrogen-bond donors (Lipinski definition) is 1. The maximum atomic E-state index is 11.9. The number of para-hydroxylation sites is 1. The van der Waals surface area contributed by atoms with Crippen molar-refractivity contribution in [2.24, 2.45) is 7.05 Å². The number of nitrogens with zero attached hydrogens (tertiary/aromatic N) is 2. The summed E-state index contributed by atoms with van der Waals surface area (Å²) in [5, 5.41) is 4.31. The quantitative estimate of drug-likeness (QED) is 0.861. The zero-order chi connectivity index (χ0) is 14.5. The topological polar surface area (TPSA) is 44.1 Å². The summed E-state index contributed by atoms with van der Waals surface area (Å²) in [4.78, 5) is 11.9. The highest BCUT2D eigenvalue weighted by molar-refractivity contribution is 7.79. The molecule has 0 saturated heterocycles. The lowest BCUT2D eigenvalue weighted by Crippen LogP contribution is -2.23. The second kappa shape index (κ2) is 6.61. The van der Waals surface area contributed by atoms with Gasteiger partial charge in [-0.2, -0.15) is 17.7 Å². The Balaban J connectivity index is 2.51. The third-order valence-electron chi connectivity index (χ3n) is 2.93. The van der Waals surface area contributed by atoms with Crippen LogP contribution in [0.3, 0.4) is 0 Å². The molecular formula is C15H18N2O2S. The molecular weight excluding hydrogens is 272 g/mol. The summed E-state index contributed by atoms with van der Waals surface area (Å²) >= 11 is 4.20. The Kier molecular flexibility index (Phi) is 4.84. The summed E-state index contributed by atoms with van der Waals surface area (Å²) in [7, 11) is 1.65. The molecule has 0 atom stereocenters. The lowest BCUT2D eigenvalue weighted by molar-refractivity contribution is 0.318. The van der Waals surface area contributed by atoms with Crippen LogP contribution in [0.2, 0.25) is 0 Å². The number of rotatable bonds is 5. The SMILES string of the molecule is CCCOc1ccccc1-c1cc(CS)c(=O)n(C)n1. The highest BCUT2D eigenvalue weighted by Crippen LogP contribution is 2.28. The monoisotopic (exact) mass is 290 g/mol. The summed E-state index contributed by atoms with van der Waals surface area (Å²) < 4.78 is 7.08. The summed E-state index contributed by atoms with van der Waals surface area (Å²) in [5.74, 6) is 1.17. The van der Waals surface area contributed by atoms with Gasteiger partial charge in [-0.1, -0.05) is 19.1 Å². The minimum atomic E-state index is -0.115. The molecule has 0 amide bonds. The summed E-state index contributed by atoms with van der Waals surface area (Å²) in [6.07, 6.45) is 0.941. The number of ether oxygens (including phenoxy) is 1. The van der Waals surface area contributed by atoms with Gasteiger partial charge in [-0.25, -0.2) is 4.68 Å². The van der Waals surface area contributed by atoms with Crippen LogP contribution < -0.4 is 10.3 Å². The average molecular weight is 290 g/mol. The zero-order valence-electron chi connectivity index (χ0n) is 11.7. The van der Waals surface area contributed by atoms with E-state index in [4.69, 9.17) is 4.74 Å². The van der Waals surface area contributed by atoms with E-state index in [2.05, 4.69) is 24.7 Å². The maximum Gasteiger partial charge on any atom is 0.270 e. The van der Waals surface area contributed by atoms with Crippen molar-refractivity contribution in [1.82, 2.24) is 9.78 Å². The standard InChI is InChI=1S/C15H18N2O2S/c1-3-8-19-14-7-5-4-6-12(14)13-9-11(10-20)15(18)17(2)16-13/h4-7,9,20H,3,8,10H2,1-2H3. The summed E-state index contributed by atoms with van der Waals surface area (Å²) in [6.45, 7) is 2.72. The molecule has 0 bridgehead atoms. The Labute approximate surface area is 123 Å². The number of aromatic nitrogens is 2. The van der Waals surface area contributed by atoms with Gasteiger partial charge in [-0.15, -0.1) is 0 Å². The molecule has 0 aliphatic carbocycles. The lowest BCUT2D eigenvalue weighted by Gasteiger charge is -2.11. The maximum absolute atomic E-state index is 11.9. The van der Waals surface area contributed by atoms with Crippen LogP contribution >= 0.6 is 12.6 Å². The summed E-state index contributed by atoms with van der Waals surface area (Å²) in [6, 6.07) is 9.50. The van der Waals surface area contributed by atoms with Gasteiger partial charge >= 0.3 is 0 Å². The van der Waals surface area contributed by atoms with Crippen LogP contribution in [-0.4, -0.2) is 16.4 Å². The second-order valence-electron chi connectivity index (χ2n) is 4.49. The molecule has 0 aliphatic heterocycles. The molecule has 0 N–H and O–H groups in total. The molecule has 0 aliphatic rings. The Morgan fingerprint density at radius 3 is 2.80 bits per heavy atom. The number of benzene rings is 1.